The van der Waals surface area contributed by atoms with Gasteiger partial charge >= 0.3 is 0 Å². The lowest BCUT2D eigenvalue weighted by molar-refractivity contribution is -0.112. The van der Waals surface area contributed by atoms with Gasteiger partial charge in [-0.25, -0.2) is 5.10 Å². The number of aliphatic hydroxyl groups is 2. The average Bonchev–Trinajstić information content (AvgIpc) is 2.72. The van der Waals surface area contributed by atoms with Crippen LogP contribution in [-0.4, -0.2) is 43.1 Å². The van der Waals surface area contributed by atoms with Crippen LogP contribution in [0.3, 0.4) is 0 Å². The van der Waals surface area contributed by atoms with Gasteiger partial charge in [0.05, 0.1) is 0 Å². The van der Waals surface area contributed by atoms with Gasteiger partial charge in [-0.2, -0.15) is 0 Å². The van der Waals surface area contributed by atoms with Crippen molar-refractivity contribution in [3.05, 3.63) is 40.7 Å². The van der Waals surface area contributed by atoms with Crippen LogP contribution >= 0.6 is 12.2 Å². The van der Waals surface area contributed by atoms with Gasteiger partial charge in [-0.05, 0) is 29.9 Å². The SMILES string of the molecule is Cn1c(NC(=O)C=CC2=CC(O)C(O)C=C2)n[nH]c1=S. The Morgan fingerprint density at radius 2 is 2.30 bits per heavy atom. The summed E-state index contributed by atoms with van der Waals surface area (Å²) < 4.78 is 1.93. The third kappa shape index (κ3) is 3.29. The van der Waals surface area contributed by atoms with Gasteiger partial charge in [0, 0.05) is 13.1 Å². The second-order valence-electron chi connectivity index (χ2n) is 4.24. The molecule has 1 aliphatic rings. The molecule has 1 aromatic heterocycles. The van der Waals surface area contributed by atoms with E-state index < -0.39 is 12.2 Å². The fourth-order valence-corrected chi connectivity index (χ4v) is 1.70. The highest BCUT2D eigenvalue weighted by Gasteiger charge is 2.14. The molecule has 2 rings (SSSR count). The molecule has 0 spiro atoms. The average molecular weight is 294 g/mol. The van der Waals surface area contributed by atoms with Gasteiger partial charge in [0.15, 0.2) is 4.77 Å². The molecule has 7 nitrogen and oxygen atoms in total. The van der Waals surface area contributed by atoms with Gasteiger partial charge in [-0.1, -0.05) is 12.2 Å². The molecule has 1 aromatic rings. The number of aromatic amines is 1. The molecule has 8 heteroatoms. The largest absolute Gasteiger partial charge is 0.386 e. The molecule has 0 saturated heterocycles. The molecule has 0 saturated carbocycles. The number of hydrogen-bond acceptors (Lipinski definition) is 5. The molecule has 0 radical (unpaired) electrons. The first-order valence-corrected chi connectivity index (χ1v) is 6.25. The van der Waals surface area contributed by atoms with Crippen LogP contribution in [0.2, 0.25) is 0 Å². The molecular formula is C12H14N4O3S. The summed E-state index contributed by atoms with van der Waals surface area (Å²) in [5.74, 6) is -0.0646. The van der Waals surface area contributed by atoms with E-state index in [1.807, 2.05) is 0 Å². The Morgan fingerprint density at radius 3 is 2.90 bits per heavy atom. The summed E-state index contributed by atoms with van der Waals surface area (Å²) in [4.78, 5) is 11.7. The number of nitrogens with zero attached hydrogens (tertiary/aromatic N) is 2. The van der Waals surface area contributed by atoms with Crippen molar-refractivity contribution in [3.63, 3.8) is 0 Å². The summed E-state index contributed by atoms with van der Waals surface area (Å²) in [6.45, 7) is 0. The molecule has 20 heavy (non-hydrogen) atoms. The van der Waals surface area contributed by atoms with Crippen LogP contribution in [0.15, 0.2) is 36.0 Å². The fourth-order valence-electron chi connectivity index (χ4n) is 1.57. The third-order valence-electron chi connectivity index (χ3n) is 2.74. The van der Waals surface area contributed by atoms with Crippen molar-refractivity contribution >= 4 is 24.1 Å². The van der Waals surface area contributed by atoms with Crippen molar-refractivity contribution in [2.24, 2.45) is 7.05 Å². The predicted octanol–water partition coefficient (Wildman–Crippen LogP) is 0.190. The second-order valence-corrected chi connectivity index (χ2v) is 4.63. The number of carbonyl (C=O) groups is 1. The van der Waals surface area contributed by atoms with E-state index >= 15 is 0 Å². The minimum absolute atomic E-state index is 0.313. The van der Waals surface area contributed by atoms with E-state index in [-0.39, 0.29) is 5.91 Å². The van der Waals surface area contributed by atoms with Crippen LogP contribution in [0.1, 0.15) is 0 Å². The van der Waals surface area contributed by atoms with Crippen molar-refractivity contribution in [2.75, 3.05) is 5.32 Å². The van der Waals surface area contributed by atoms with Crippen LogP contribution in [0.4, 0.5) is 5.95 Å². The Kier molecular flexibility index (Phi) is 4.28. The van der Waals surface area contributed by atoms with Crippen molar-refractivity contribution in [1.82, 2.24) is 14.8 Å². The molecule has 0 aliphatic heterocycles. The summed E-state index contributed by atoms with van der Waals surface area (Å²) in [5.41, 5.74) is 0.633. The van der Waals surface area contributed by atoms with Crippen LogP contribution in [0.25, 0.3) is 0 Å². The van der Waals surface area contributed by atoms with Crippen molar-refractivity contribution < 1.29 is 15.0 Å². The molecule has 0 bridgehead atoms. The summed E-state index contributed by atoms with van der Waals surface area (Å²) in [7, 11) is 1.68. The lowest BCUT2D eigenvalue weighted by atomic mass is 10.0. The zero-order valence-corrected chi connectivity index (χ0v) is 11.5. The number of H-pyrrole nitrogens is 1. The standard InChI is InChI=1S/C12H14N4O3S/c1-16-11(14-15-12(16)20)13-10(19)5-3-7-2-4-8(17)9(18)6-7/h2-6,8-9,17-18H,1H3,(H,15,20)(H,13,14,19). The van der Waals surface area contributed by atoms with Gasteiger partial charge in [0.2, 0.25) is 5.95 Å². The zero-order chi connectivity index (χ0) is 14.7. The first-order chi connectivity index (χ1) is 9.47. The van der Waals surface area contributed by atoms with Crippen LogP contribution in [0, 0.1) is 4.77 Å². The van der Waals surface area contributed by atoms with Gasteiger partial charge in [0.25, 0.3) is 5.91 Å². The first kappa shape index (κ1) is 14.4. The molecule has 4 N–H and O–H groups in total. The summed E-state index contributed by atoms with van der Waals surface area (Å²) in [6, 6.07) is 0. The molecule has 2 unspecified atom stereocenters. The molecular weight excluding hydrogens is 280 g/mol. The monoisotopic (exact) mass is 294 g/mol. The number of amides is 1. The van der Waals surface area contributed by atoms with Gasteiger partial charge in [-0.3, -0.25) is 14.7 Å². The Bertz CT molecular complexity index is 656. The maximum atomic E-state index is 11.7. The van der Waals surface area contributed by atoms with Gasteiger partial charge < -0.3 is 10.2 Å². The lowest BCUT2D eigenvalue weighted by Crippen LogP contribution is -2.23. The topological polar surface area (TPSA) is 103 Å². The van der Waals surface area contributed by atoms with E-state index in [0.717, 1.165) is 0 Å². The van der Waals surface area contributed by atoms with Gasteiger partial charge in [0.1, 0.15) is 12.2 Å². The highest BCUT2D eigenvalue weighted by atomic mass is 32.1. The summed E-state index contributed by atoms with van der Waals surface area (Å²) in [6.07, 6.45) is 5.51. The predicted molar refractivity (Wildman–Crippen MR) is 75.4 cm³/mol. The van der Waals surface area contributed by atoms with Gasteiger partial charge in [-0.15, -0.1) is 5.10 Å². The third-order valence-corrected chi connectivity index (χ3v) is 3.11. The molecule has 0 aromatic carbocycles. The van der Waals surface area contributed by atoms with Crippen LogP contribution < -0.4 is 5.32 Å². The number of aromatic nitrogens is 3. The highest BCUT2D eigenvalue weighted by molar-refractivity contribution is 7.71. The Balaban J connectivity index is 2.00. The highest BCUT2D eigenvalue weighted by Crippen LogP contribution is 2.12. The van der Waals surface area contributed by atoms with E-state index in [9.17, 15) is 15.0 Å². The number of hydrogen-bond donors (Lipinski definition) is 4. The number of allylic oxidation sites excluding steroid dienone is 3. The first-order valence-electron chi connectivity index (χ1n) is 5.84. The minimum atomic E-state index is -0.963. The molecule has 1 amide bonds. The van der Waals surface area contributed by atoms with E-state index in [1.165, 1.54) is 28.9 Å². The van der Waals surface area contributed by atoms with Crippen molar-refractivity contribution in [2.45, 2.75) is 12.2 Å². The molecule has 1 heterocycles. The maximum Gasteiger partial charge on any atom is 0.250 e. The molecule has 1 aliphatic carbocycles. The van der Waals surface area contributed by atoms with Crippen LogP contribution in [0.5, 0.6) is 0 Å². The number of rotatable bonds is 3. The number of aliphatic hydroxyl groups excluding tert-OH is 2. The van der Waals surface area contributed by atoms with Crippen LogP contribution in [-0.2, 0) is 11.8 Å². The summed E-state index contributed by atoms with van der Waals surface area (Å²) in [5, 5.41) is 27.7. The number of carbonyl (C=O) groups excluding carboxylic acids is 1. The molecule has 0 fully saturated rings. The Hall–Kier alpha value is -2.03. The second kappa shape index (κ2) is 5.95. The fraction of sp³-hybridized carbons (Fsp3) is 0.250. The number of nitrogens with one attached hydrogen (secondary N) is 2. The quantitative estimate of drug-likeness (QED) is 0.471. The zero-order valence-electron chi connectivity index (χ0n) is 10.6. The normalized spacial score (nSPS) is 22.1. The van der Waals surface area contributed by atoms with E-state index in [0.29, 0.717) is 16.3 Å². The smallest absolute Gasteiger partial charge is 0.250 e. The van der Waals surface area contributed by atoms with Crippen molar-refractivity contribution in [1.29, 1.82) is 0 Å². The number of anilines is 1. The van der Waals surface area contributed by atoms with E-state index in [2.05, 4.69) is 15.5 Å². The molecule has 2 atom stereocenters. The van der Waals surface area contributed by atoms with Crippen molar-refractivity contribution in [3.8, 4) is 0 Å². The Morgan fingerprint density at radius 1 is 1.55 bits per heavy atom. The summed E-state index contributed by atoms with van der Waals surface area (Å²) >= 11 is 4.92. The Labute approximate surface area is 119 Å². The maximum absolute atomic E-state index is 11.7. The molecule has 106 valence electrons. The van der Waals surface area contributed by atoms with E-state index in [1.54, 1.807) is 13.1 Å². The minimum Gasteiger partial charge on any atom is -0.386 e. The lowest BCUT2D eigenvalue weighted by Gasteiger charge is -2.15. The van der Waals surface area contributed by atoms with E-state index in [4.69, 9.17) is 12.2 Å².